The Morgan fingerprint density at radius 1 is 1.35 bits per heavy atom. The first-order chi connectivity index (χ1) is 12.2. The lowest BCUT2D eigenvalue weighted by molar-refractivity contribution is 0.0195. The molecule has 2 saturated heterocycles. The van der Waals surface area contributed by atoms with Gasteiger partial charge in [0, 0.05) is 48.3 Å². The zero-order valence-electron chi connectivity index (χ0n) is 15.1. The molecule has 0 radical (unpaired) electrons. The van der Waals surface area contributed by atoms with E-state index in [0.717, 1.165) is 67.0 Å². The molecule has 0 bridgehead atoms. The summed E-state index contributed by atoms with van der Waals surface area (Å²) in [6, 6.07) is 6.56. The summed E-state index contributed by atoms with van der Waals surface area (Å²) < 4.78 is 6.46. The molecule has 1 atom stereocenters. The quantitative estimate of drug-likeness (QED) is 0.349. The third kappa shape index (κ3) is 5.95. The lowest BCUT2D eigenvalue weighted by Gasteiger charge is -2.32. The van der Waals surface area contributed by atoms with E-state index >= 15 is 0 Å². The van der Waals surface area contributed by atoms with Gasteiger partial charge in [-0.15, -0.1) is 24.0 Å². The fourth-order valence-corrected chi connectivity index (χ4v) is 4.14. The number of rotatable bonds is 4. The Bertz CT molecular complexity index is 613. The molecule has 1 aromatic rings. The van der Waals surface area contributed by atoms with E-state index in [1.807, 2.05) is 18.2 Å². The van der Waals surface area contributed by atoms with Crippen molar-refractivity contribution in [2.75, 3.05) is 45.9 Å². The van der Waals surface area contributed by atoms with Crippen LogP contribution in [-0.4, -0.2) is 67.7 Å². The van der Waals surface area contributed by atoms with Gasteiger partial charge in [-0.25, -0.2) is 4.99 Å². The molecule has 1 unspecified atom stereocenters. The van der Waals surface area contributed by atoms with Crippen molar-refractivity contribution >= 4 is 57.5 Å². The highest BCUT2D eigenvalue weighted by Crippen LogP contribution is 2.22. The van der Waals surface area contributed by atoms with Crippen LogP contribution >= 0.6 is 51.5 Å². The number of likely N-dealkylation sites (tertiary alicyclic amines) is 1. The number of aliphatic imine (C=N–C) groups is 1. The Labute approximate surface area is 186 Å². The van der Waals surface area contributed by atoms with Gasteiger partial charge in [-0.3, -0.25) is 4.90 Å². The molecule has 8 heteroatoms. The van der Waals surface area contributed by atoms with Crippen LogP contribution in [0.5, 0.6) is 0 Å². The first kappa shape index (κ1) is 22.2. The van der Waals surface area contributed by atoms with Crippen molar-refractivity contribution < 1.29 is 4.74 Å². The van der Waals surface area contributed by atoms with Crippen LogP contribution in [0.1, 0.15) is 18.9 Å². The van der Waals surface area contributed by atoms with Crippen molar-refractivity contribution in [3.8, 4) is 0 Å². The molecule has 0 amide bonds. The lowest BCUT2D eigenvalue weighted by Crippen LogP contribution is -2.46. The van der Waals surface area contributed by atoms with Gasteiger partial charge >= 0.3 is 0 Å². The Morgan fingerprint density at radius 2 is 2.12 bits per heavy atom. The van der Waals surface area contributed by atoms with Gasteiger partial charge in [0.05, 0.1) is 19.8 Å². The smallest absolute Gasteiger partial charge is 0.194 e. The zero-order chi connectivity index (χ0) is 17.6. The summed E-state index contributed by atoms with van der Waals surface area (Å²) in [4.78, 5) is 9.75. The van der Waals surface area contributed by atoms with Crippen molar-refractivity contribution in [3.05, 3.63) is 33.3 Å². The van der Waals surface area contributed by atoms with Gasteiger partial charge in [0.25, 0.3) is 0 Å². The number of morpholine rings is 1. The number of nitrogens with one attached hydrogen (secondary N) is 1. The van der Waals surface area contributed by atoms with Crippen molar-refractivity contribution in [2.45, 2.75) is 25.9 Å². The molecule has 0 aliphatic carbocycles. The van der Waals surface area contributed by atoms with Crippen LogP contribution in [0.2, 0.25) is 5.02 Å². The third-order valence-corrected chi connectivity index (χ3v) is 5.62. The number of guanidine groups is 1. The molecule has 146 valence electrons. The van der Waals surface area contributed by atoms with Crippen LogP contribution in [0, 0.1) is 0 Å². The summed E-state index contributed by atoms with van der Waals surface area (Å²) in [6.07, 6.45) is 1.18. The van der Waals surface area contributed by atoms with Gasteiger partial charge in [-0.2, -0.15) is 0 Å². The summed E-state index contributed by atoms with van der Waals surface area (Å²) in [5.41, 5.74) is 1.05. The van der Waals surface area contributed by atoms with Crippen LogP contribution in [0.3, 0.4) is 0 Å². The van der Waals surface area contributed by atoms with E-state index in [1.54, 1.807) is 0 Å². The van der Waals surface area contributed by atoms with Crippen LogP contribution in [-0.2, 0) is 11.3 Å². The zero-order valence-corrected chi connectivity index (χ0v) is 19.8. The van der Waals surface area contributed by atoms with Crippen molar-refractivity contribution in [3.63, 3.8) is 0 Å². The van der Waals surface area contributed by atoms with Crippen molar-refractivity contribution in [2.24, 2.45) is 4.99 Å². The van der Waals surface area contributed by atoms with E-state index in [-0.39, 0.29) is 24.0 Å². The van der Waals surface area contributed by atoms with Gasteiger partial charge in [0.1, 0.15) is 0 Å². The maximum Gasteiger partial charge on any atom is 0.194 e. The molecule has 2 aliphatic heterocycles. The summed E-state index contributed by atoms with van der Waals surface area (Å²) >= 11 is 9.77. The molecular weight excluding hydrogens is 530 g/mol. The summed E-state index contributed by atoms with van der Waals surface area (Å²) in [5.74, 6) is 0.984. The number of benzene rings is 1. The van der Waals surface area contributed by atoms with Crippen molar-refractivity contribution in [1.82, 2.24) is 15.1 Å². The fourth-order valence-electron chi connectivity index (χ4n) is 3.41. The molecule has 0 spiro atoms. The van der Waals surface area contributed by atoms with Gasteiger partial charge in [0.2, 0.25) is 0 Å². The standard InChI is InChI=1S/C18H26BrClN4O.HI/c1-2-21-18(22-12-14-3-4-15(19)11-17(14)20)24-6-5-16(13-24)23-7-9-25-10-8-23;/h3-4,11,16H,2,5-10,12-13H2,1H3,(H,21,22);1H. The average Bonchev–Trinajstić information content (AvgIpc) is 3.10. The second-order valence-electron chi connectivity index (χ2n) is 6.44. The predicted octanol–water partition coefficient (Wildman–Crippen LogP) is 3.59. The number of halogens is 3. The second kappa shape index (κ2) is 11.0. The molecular formula is C18H27BrClIN4O. The second-order valence-corrected chi connectivity index (χ2v) is 7.77. The van der Waals surface area contributed by atoms with Crippen LogP contribution in [0.4, 0.5) is 0 Å². The summed E-state index contributed by atoms with van der Waals surface area (Å²) in [6.45, 7) is 9.43. The van der Waals surface area contributed by atoms with Gasteiger partial charge < -0.3 is 15.0 Å². The first-order valence-electron chi connectivity index (χ1n) is 8.96. The molecule has 26 heavy (non-hydrogen) atoms. The molecule has 0 saturated carbocycles. The van der Waals surface area contributed by atoms with E-state index < -0.39 is 0 Å². The van der Waals surface area contributed by atoms with E-state index in [9.17, 15) is 0 Å². The SMILES string of the molecule is CCNC(=NCc1ccc(Br)cc1Cl)N1CCC(N2CCOCC2)C1.I. The third-order valence-electron chi connectivity index (χ3n) is 4.77. The number of ether oxygens (including phenoxy) is 1. The summed E-state index contributed by atoms with van der Waals surface area (Å²) in [7, 11) is 0. The molecule has 2 aliphatic rings. The molecule has 0 aromatic heterocycles. The van der Waals surface area contributed by atoms with Gasteiger partial charge in [0.15, 0.2) is 5.96 Å². The van der Waals surface area contributed by atoms with E-state index in [1.165, 1.54) is 6.42 Å². The summed E-state index contributed by atoms with van der Waals surface area (Å²) in [5, 5.41) is 4.18. The van der Waals surface area contributed by atoms with E-state index in [4.69, 9.17) is 21.3 Å². The minimum absolute atomic E-state index is 0. The Morgan fingerprint density at radius 3 is 2.81 bits per heavy atom. The lowest BCUT2D eigenvalue weighted by atomic mass is 10.2. The van der Waals surface area contributed by atoms with Crippen LogP contribution in [0.25, 0.3) is 0 Å². The molecule has 2 fully saturated rings. The number of hydrogen-bond donors (Lipinski definition) is 1. The van der Waals surface area contributed by atoms with E-state index in [0.29, 0.717) is 12.6 Å². The maximum atomic E-state index is 6.32. The minimum Gasteiger partial charge on any atom is -0.379 e. The van der Waals surface area contributed by atoms with E-state index in [2.05, 4.69) is 38.0 Å². The highest BCUT2D eigenvalue weighted by Gasteiger charge is 2.30. The fraction of sp³-hybridized carbons (Fsp3) is 0.611. The molecule has 5 nitrogen and oxygen atoms in total. The molecule has 3 rings (SSSR count). The highest BCUT2D eigenvalue weighted by molar-refractivity contribution is 14.0. The Balaban J connectivity index is 0.00000243. The van der Waals surface area contributed by atoms with Crippen molar-refractivity contribution in [1.29, 1.82) is 0 Å². The Kier molecular flexibility index (Phi) is 9.43. The topological polar surface area (TPSA) is 40.1 Å². The molecule has 1 N–H and O–H groups in total. The number of hydrogen-bond acceptors (Lipinski definition) is 3. The normalized spacial score (nSPS) is 21.6. The van der Waals surface area contributed by atoms with Gasteiger partial charge in [-0.05, 0) is 31.0 Å². The largest absolute Gasteiger partial charge is 0.379 e. The monoisotopic (exact) mass is 556 g/mol. The van der Waals surface area contributed by atoms with Crippen LogP contribution in [0.15, 0.2) is 27.7 Å². The average molecular weight is 558 g/mol. The Hall–Kier alpha value is -0.0900. The predicted molar refractivity (Wildman–Crippen MR) is 122 cm³/mol. The highest BCUT2D eigenvalue weighted by atomic mass is 127. The maximum absolute atomic E-state index is 6.32. The number of nitrogens with zero attached hydrogens (tertiary/aromatic N) is 3. The minimum atomic E-state index is 0. The van der Waals surface area contributed by atoms with Gasteiger partial charge in [-0.1, -0.05) is 33.6 Å². The van der Waals surface area contributed by atoms with Crippen LogP contribution < -0.4 is 5.32 Å². The molecule has 1 aromatic carbocycles. The molecule has 2 heterocycles. The first-order valence-corrected chi connectivity index (χ1v) is 10.1.